The molecule has 1 aromatic heterocycles. The zero-order valence-corrected chi connectivity index (χ0v) is 16.3. The number of aromatic nitrogens is 2. The highest BCUT2D eigenvalue weighted by atomic mass is 15.4. The van der Waals surface area contributed by atoms with Crippen molar-refractivity contribution < 1.29 is 0 Å². The maximum atomic E-state index is 6.34. The highest BCUT2D eigenvalue weighted by Gasteiger charge is 2.31. The average molecular weight is 372 g/mol. The number of piperazine rings is 1. The molecule has 0 amide bonds. The third-order valence-corrected chi connectivity index (χ3v) is 6.37. The van der Waals surface area contributed by atoms with E-state index in [0.717, 1.165) is 44.7 Å². The number of aliphatic imine (C=N–C) groups is 1. The lowest BCUT2D eigenvalue weighted by atomic mass is 9.94. The van der Waals surface area contributed by atoms with Gasteiger partial charge in [-0.15, -0.1) is 0 Å². The smallest absolute Gasteiger partial charge is 0.225 e. The van der Waals surface area contributed by atoms with E-state index in [2.05, 4.69) is 24.7 Å². The van der Waals surface area contributed by atoms with Gasteiger partial charge in [0.15, 0.2) is 5.96 Å². The molecule has 3 fully saturated rings. The van der Waals surface area contributed by atoms with Gasteiger partial charge in [0.05, 0.1) is 6.54 Å². The van der Waals surface area contributed by atoms with Gasteiger partial charge in [0.2, 0.25) is 5.95 Å². The van der Waals surface area contributed by atoms with E-state index in [4.69, 9.17) is 10.7 Å². The van der Waals surface area contributed by atoms with E-state index in [0.29, 0.717) is 12.0 Å². The first kappa shape index (κ1) is 18.5. The summed E-state index contributed by atoms with van der Waals surface area (Å²) in [6.45, 7) is 5.63. The molecule has 0 aromatic carbocycles. The fourth-order valence-electron chi connectivity index (χ4n) is 4.84. The van der Waals surface area contributed by atoms with Crippen LogP contribution in [0.25, 0.3) is 0 Å². The Labute approximate surface area is 162 Å². The van der Waals surface area contributed by atoms with E-state index in [1.54, 1.807) is 12.4 Å². The zero-order chi connectivity index (χ0) is 18.5. The second-order valence-electron chi connectivity index (χ2n) is 8.05. The summed E-state index contributed by atoms with van der Waals surface area (Å²) < 4.78 is 0. The molecule has 27 heavy (non-hydrogen) atoms. The molecular formula is C20H33N7. The first-order valence-corrected chi connectivity index (χ1v) is 10.6. The van der Waals surface area contributed by atoms with Crippen molar-refractivity contribution in [2.24, 2.45) is 10.7 Å². The molecule has 1 aliphatic carbocycles. The van der Waals surface area contributed by atoms with Crippen molar-refractivity contribution in [3.63, 3.8) is 0 Å². The van der Waals surface area contributed by atoms with Gasteiger partial charge in [-0.05, 0) is 38.3 Å². The molecule has 1 atom stereocenters. The molecule has 2 aliphatic heterocycles. The molecule has 2 saturated heterocycles. The Hall–Kier alpha value is -1.89. The zero-order valence-electron chi connectivity index (χ0n) is 16.3. The summed E-state index contributed by atoms with van der Waals surface area (Å²) in [5.74, 6) is 1.51. The van der Waals surface area contributed by atoms with E-state index >= 15 is 0 Å². The van der Waals surface area contributed by atoms with Crippen molar-refractivity contribution in [3.8, 4) is 0 Å². The summed E-state index contributed by atoms with van der Waals surface area (Å²) in [6.07, 6.45) is 13.1. The van der Waals surface area contributed by atoms with Crippen molar-refractivity contribution in [1.29, 1.82) is 0 Å². The van der Waals surface area contributed by atoms with Crippen LogP contribution >= 0.6 is 0 Å². The molecule has 0 radical (unpaired) electrons. The van der Waals surface area contributed by atoms with Gasteiger partial charge in [-0.1, -0.05) is 19.3 Å². The summed E-state index contributed by atoms with van der Waals surface area (Å²) in [7, 11) is 0. The van der Waals surface area contributed by atoms with Gasteiger partial charge in [0, 0.05) is 50.7 Å². The second kappa shape index (κ2) is 8.87. The lowest BCUT2D eigenvalue weighted by Gasteiger charge is -2.36. The molecule has 0 bridgehead atoms. The van der Waals surface area contributed by atoms with Crippen LogP contribution in [0.4, 0.5) is 5.95 Å². The largest absolute Gasteiger partial charge is 0.370 e. The topological polar surface area (TPSA) is 73.9 Å². The van der Waals surface area contributed by atoms with Crippen LogP contribution in [0.2, 0.25) is 0 Å². The summed E-state index contributed by atoms with van der Waals surface area (Å²) >= 11 is 0. The van der Waals surface area contributed by atoms with E-state index < -0.39 is 0 Å². The standard InChI is InChI=1S/C20H33N7/c21-19(25-12-14-26(15-13-25)20-22-9-5-10-23-20)24-16-18-8-4-11-27(18)17-6-2-1-3-7-17/h5,9-10,17-18H,1-4,6-8,11-16H2,(H2,21,24). The maximum absolute atomic E-state index is 6.34. The van der Waals surface area contributed by atoms with Gasteiger partial charge < -0.3 is 15.5 Å². The van der Waals surface area contributed by atoms with Crippen LogP contribution in [-0.4, -0.2) is 77.1 Å². The first-order chi connectivity index (χ1) is 13.3. The van der Waals surface area contributed by atoms with E-state index in [1.807, 2.05) is 6.07 Å². The van der Waals surface area contributed by atoms with E-state index in [-0.39, 0.29) is 0 Å². The number of rotatable bonds is 4. The molecule has 0 spiro atoms. The Morgan fingerprint density at radius 2 is 1.70 bits per heavy atom. The highest BCUT2D eigenvalue weighted by molar-refractivity contribution is 5.78. The van der Waals surface area contributed by atoms with Crippen LogP contribution < -0.4 is 10.6 Å². The molecule has 2 N–H and O–H groups in total. The minimum atomic E-state index is 0.589. The van der Waals surface area contributed by atoms with Crippen molar-refractivity contribution in [2.75, 3.05) is 44.2 Å². The van der Waals surface area contributed by atoms with Crippen LogP contribution in [0.3, 0.4) is 0 Å². The van der Waals surface area contributed by atoms with Gasteiger partial charge in [-0.2, -0.15) is 0 Å². The maximum Gasteiger partial charge on any atom is 0.225 e. The van der Waals surface area contributed by atoms with Crippen LogP contribution in [0.15, 0.2) is 23.5 Å². The summed E-state index contributed by atoms with van der Waals surface area (Å²) in [5.41, 5.74) is 6.34. The predicted molar refractivity (Wildman–Crippen MR) is 109 cm³/mol. The Balaban J connectivity index is 1.28. The van der Waals surface area contributed by atoms with Crippen molar-refractivity contribution in [1.82, 2.24) is 19.8 Å². The molecule has 3 aliphatic rings. The van der Waals surface area contributed by atoms with Crippen LogP contribution in [0, 0.1) is 0 Å². The SMILES string of the molecule is NC(=NCC1CCCN1C1CCCCC1)N1CCN(c2ncccn2)CC1. The van der Waals surface area contributed by atoms with Crippen molar-refractivity contribution >= 4 is 11.9 Å². The Morgan fingerprint density at radius 3 is 2.44 bits per heavy atom. The van der Waals surface area contributed by atoms with Gasteiger partial charge in [0.25, 0.3) is 0 Å². The monoisotopic (exact) mass is 371 g/mol. The molecule has 7 nitrogen and oxygen atoms in total. The third-order valence-electron chi connectivity index (χ3n) is 6.37. The molecule has 1 saturated carbocycles. The van der Waals surface area contributed by atoms with Crippen molar-refractivity contribution in [2.45, 2.75) is 57.0 Å². The van der Waals surface area contributed by atoms with Crippen LogP contribution in [-0.2, 0) is 0 Å². The lowest BCUT2D eigenvalue weighted by molar-refractivity contribution is 0.145. The Kier molecular flexibility index (Phi) is 6.07. The number of guanidine groups is 1. The van der Waals surface area contributed by atoms with E-state index in [1.165, 1.54) is 51.5 Å². The number of nitrogens with zero attached hydrogens (tertiary/aromatic N) is 6. The number of likely N-dealkylation sites (tertiary alicyclic amines) is 1. The predicted octanol–water partition coefficient (Wildman–Crippen LogP) is 1.71. The van der Waals surface area contributed by atoms with Crippen molar-refractivity contribution in [3.05, 3.63) is 18.5 Å². The first-order valence-electron chi connectivity index (χ1n) is 10.6. The Morgan fingerprint density at radius 1 is 0.963 bits per heavy atom. The molecule has 3 heterocycles. The molecule has 1 aromatic rings. The molecule has 148 valence electrons. The second-order valence-corrected chi connectivity index (χ2v) is 8.05. The molecule has 7 heteroatoms. The summed E-state index contributed by atoms with van der Waals surface area (Å²) in [6, 6.07) is 3.23. The number of nitrogens with two attached hydrogens (primary N) is 1. The Bertz CT molecular complexity index is 606. The van der Waals surface area contributed by atoms with E-state index in [9.17, 15) is 0 Å². The van der Waals surface area contributed by atoms with Gasteiger partial charge in [0.1, 0.15) is 0 Å². The highest BCUT2D eigenvalue weighted by Crippen LogP contribution is 2.29. The normalized spacial score (nSPS) is 25.9. The quantitative estimate of drug-likeness (QED) is 0.642. The molecular weight excluding hydrogens is 338 g/mol. The fraction of sp³-hybridized carbons (Fsp3) is 0.750. The van der Waals surface area contributed by atoms with Crippen LogP contribution in [0.5, 0.6) is 0 Å². The average Bonchev–Trinajstić information content (AvgIpc) is 3.22. The minimum absolute atomic E-state index is 0.589. The molecule has 4 rings (SSSR count). The number of hydrogen-bond acceptors (Lipinski definition) is 5. The van der Waals surface area contributed by atoms with Gasteiger partial charge in [-0.3, -0.25) is 9.89 Å². The third kappa shape index (κ3) is 4.51. The number of hydrogen-bond donors (Lipinski definition) is 1. The summed E-state index contributed by atoms with van der Waals surface area (Å²) in [4.78, 5) is 20.6. The molecule has 1 unspecified atom stereocenters. The van der Waals surface area contributed by atoms with Gasteiger partial charge in [-0.25, -0.2) is 9.97 Å². The number of anilines is 1. The van der Waals surface area contributed by atoms with Crippen LogP contribution in [0.1, 0.15) is 44.9 Å². The lowest BCUT2D eigenvalue weighted by Crippen LogP contribution is -2.52. The summed E-state index contributed by atoms with van der Waals surface area (Å²) in [5, 5.41) is 0. The van der Waals surface area contributed by atoms with Gasteiger partial charge >= 0.3 is 0 Å². The minimum Gasteiger partial charge on any atom is -0.370 e. The fourth-order valence-corrected chi connectivity index (χ4v) is 4.84.